The number of hydrogen-bond donors (Lipinski definition) is 2. The molecule has 1 aliphatic rings. The lowest BCUT2D eigenvalue weighted by molar-refractivity contribution is -0.139. The summed E-state index contributed by atoms with van der Waals surface area (Å²) in [7, 11) is 0. The molecule has 1 aromatic carbocycles. The number of benzene rings is 1. The van der Waals surface area contributed by atoms with E-state index in [1.807, 2.05) is 42.3 Å². The van der Waals surface area contributed by atoms with E-state index in [1.54, 1.807) is 11.8 Å². The number of aliphatic carboxylic acids is 1. The summed E-state index contributed by atoms with van der Waals surface area (Å²) in [5, 5.41) is 11.9. The molecule has 1 amide bonds. The molecule has 2 rings (SSSR count). The Labute approximate surface area is 165 Å². The second-order valence-electron chi connectivity index (χ2n) is 6.24. The summed E-state index contributed by atoms with van der Waals surface area (Å²) < 4.78 is 0. The van der Waals surface area contributed by atoms with E-state index in [2.05, 4.69) is 10.2 Å². The molecule has 0 aromatic heterocycles. The van der Waals surface area contributed by atoms with Gasteiger partial charge in [-0.3, -0.25) is 19.4 Å². The summed E-state index contributed by atoms with van der Waals surface area (Å²) in [5.74, 6) is -0.786. The minimum absolute atomic E-state index is 0. The maximum atomic E-state index is 12.2. The number of piperidine rings is 1. The molecule has 1 aliphatic heterocycles. The zero-order valence-corrected chi connectivity index (χ0v) is 16.9. The van der Waals surface area contributed by atoms with Gasteiger partial charge in [-0.2, -0.15) is 0 Å². The standard InChI is InChI=1S/C18H27N3O3S.ClH/c1-3-21(13-18(23)24)15-7-9-20(10-8-15)12-17(22)19-14-5-4-6-16(11-14)25-2;/h4-6,11,15H,3,7-10,12-13H2,1-2H3,(H,19,22)(H,23,24);1H. The minimum Gasteiger partial charge on any atom is -0.480 e. The number of amides is 1. The highest BCUT2D eigenvalue weighted by atomic mass is 35.5. The Morgan fingerprint density at radius 2 is 2.04 bits per heavy atom. The van der Waals surface area contributed by atoms with Crippen molar-refractivity contribution in [2.45, 2.75) is 30.7 Å². The number of likely N-dealkylation sites (N-methyl/N-ethyl adjacent to an activating group) is 1. The first kappa shape index (κ1) is 22.8. The van der Waals surface area contributed by atoms with Crippen LogP contribution in [-0.4, -0.2) is 71.8 Å². The summed E-state index contributed by atoms with van der Waals surface area (Å²) in [5.41, 5.74) is 0.824. The van der Waals surface area contributed by atoms with Crippen LogP contribution in [0.25, 0.3) is 0 Å². The van der Waals surface area contributed by atoms with Gasteiger partial charge in [0.25, 0.3) is 0 Å². The van der Waals surface area contributed by atoms with Gasteiger partial charge in [0.05, 0.1) is 13.1 Å². The summed E-state index contributed by atoms with van der Waals surface area (Å²) in [6.45, 7) is 4.83. The fourth-order valence-electron chi connectivity index (χ4n) is 3.22. The van der Waals surface area contributed by atoms with E-state index in [-0.39, 0.29) is 24.9 Å². The Hall–Kier alpha value is -1.28. The Morgan fingerprint density at radius 3 is 2.62 bits per heavy atom. The molecule has 0 saturated carbocycles. The topological polar surface area (TPSA) is 72.9 Å². The van der Waals surface area contributed by atoms with E-state index in [4.69, 9.17) is 5.11 Å². The average molecular weight is 402 g/mol. The Morgan fingerprint density at radius 1 is 1.35 bits per heavy atom. The number of rotatable bonds is 8. The van der Waals surface area contributed by atoms with Gasteiger partial charge in [0.15, 0.2) is 0 Å². The third kappa shape index (κ3) is 7.15. The van der Waals surface area contributed by atoms with Gasteiger partial charge in [-0.25, -0.2) is 0 Å². The Balaban J connectivity index is 0.00000338. The summed E-state index contributed by atoms with van der Waals surface area (Å²) in [6.07, 6.45) is 3.81. The van der Waals surface area contributed by atoms with Gasteiger partial charge in [-0.05, 0) is 43.8 Å². The zero-order valence-electron chi connectivity index (χ0n) is 15.3. The van der Waals surface area contributed by atoms with Gasteiger partial charge in [0.2, 0.25) is 5.91 Å². The molecule has 146 valence electrons. The van der Waals surface area contributed by atoms with Crippen LogP contribution in [0.1, 0.15) is 19.8 Å². The molecule has 0 bridgehead atoms. The lowest BCUT2D eigenvalue weighted by atomic mass is 10.0. The number of carbonyl (C=O) groups excluding carboxylic acids is 1. The van der Waals surface area contributed by atoms with E-state index in [1.165, 1.54) is 0 Å². The maximum Gasteiger partial charge on any atom is 0.317 e. The minimum atomic E-state index is -0.781. The fraction of sp³-hybridized carbons (Fsp3) is 0.556. The first-order valence-corrected chi connectivity index (χ1v) is 9.86. The molecule has 1 aromatic rings. The number of nitrogens with one attached hydrogen (secondary N) is 1. The second-order valence-corrected chi connectivity index (χ2v) is 7.12. The highest BCUT2D eigenvalue weighted by Crippen LogP contribution is 2.19. The van der Waals surface area contributed by atoms with Gasteiger partial charge in [0, 0.05) is 29.7 Å². The number of carboxylic acids is 1. The highest BCUT2D eigenvalue weighted by Gasteiger charge is 2.25. The van der Waals surface area contributed by atoms with Crippen molar-refractivity contribution in [2.75, 3.05) is 44.3 Å². The molecule has 6 nitrogen and oxygen atoms in total. The van der Waals surface area contributed by atoms with E-state index in [0.29, 0.717) is 12.6 Å². The third-order valence-corrected chi connectivity index (χ3v) is 5.26. The van der Waals surface area contributed by atoms with Gasteiger partial charge in [0.1, 0.15) is 0 Å². The normalized spacial score (nSPS) is 15.5. The van der Waals surface area contributed by atoms with Crippen molar-refractivity contribution in [3.8, 4) is 0 Å². The van der Waals surface area contributed by atoms with Crippen LogP contribution in [0.2, 0.25) is 0 Å². The third-order valence-electron chi connectivity index (χ3n) is 4.54. The number of hydrogen-bond acceptors (Lipinski definition) is 5. The van der Waals surface area contributed by atoms with E-state index in [9.17, 15) is 9.59 Å². The average Bonchev–Trinajstić information content (AvgIpc) is 2.60. The van der Waals surface area contributed by atoms with Crippen molar-refractivity contribution < 1.29 is 14.7 Å². The van der Waals surface area contributed by atoms with E-state index < -0.39 is 5.97 Å². The van der Waals surface area contributed by atoms with E-state index >= 15 is 0 Å². The summed E-state index contributed by atoms with van der Waals surface area (Å²) in [6, 6.07) is 8.11. The maximum absolute atomic E-state index is 12.2. The number of anilines is 1. The molecule has 1 saturated heterocycles. The molecular formula is C18H28ClN3O3S. The van der Waals surface area contributed by atoms with Crippen molar-refractivity contribution in [2.24, 2.45) is 0 Å². The van der Waals surface area contributed by atoms with Crippen LogP contribution in [0.4, 0.5) is 5.69 Å². The fourth-order valence-corrected chi connectivity index (χ4v) is 3.68. The smallest absolute Gasteiger partial charge is 0.317 e. The molecule has 26 heavy (non-hydrogen) atoms. The first-order chi connectivity index (χ1) is 12.0. The van der Waals surface area contributed by atoms with Crippen molar-refractivity contribution in [3.05, 3.63) is 24.3 Å². The molecule has 8 heteroatoms. The molecule has 2 N–H and O–H groups in total. The predicted octanol–water partition coefficient (Wildman–Crippen LogP) is 2.64. The van der Waals surface area contributed by atoms with Gasteiger partial charge >= 0.3 is 5.97 Å². The van der Waals surface area contributed by atoms with Crippen LogP contribution in [0.5, 0.6) is 0 Å². The van der Waals surface area contributed by atoms with E-state index in [0.717, 1.165) is 43.1 Å². The zero-order chi connectivity index (χ0) is 18.2. The van der Waals surface area contributed by atoms with Crippen molar-refractivity contribution in [3.63, 3.8) is 0 Å². The van der Waals surface area contributed by atoms with Crippen LogP contribution in [0.15, 0.2) is 29.2 Å². The number of likely N-dealkylation sites (tertiary alicyclic amines) is 1. The monoisotopic (exact) mass is 401 g/mol. The van der Waals surface area contributed by atoms with Gasteiger partial charge in [-0.1, -0.05) is 13.0 Å². The van der Waals surface area contributed by atoms with Crippen LogP contribution in [0.3, 0.4) is 0 Å². The molecule has 0 spiro atoms. The number of nitrogens with zero attached hydrogens (tertiary/aromatic N) is 2. The number of carbonyl (C=O) groups is 2. The molecule has 1 heterocycles. The largest absolute Gasteiger partial charge is 0.480 e. The molecular weight excluding hydrogens is 374 g/mol. The molecule has 0 aliphatic carbocycles. The second kappa shape index (κ2) is 11.4. The molecule has 1 fully saturated rings. The Bertz CT molecular complexity index is 595. The van der Waals surface area contributed by atoms with Gasteiger partial charge in [-0.15, -0.1) is 24.2 Å². The van der Waals surface area contributed by atoms with Crippen molar-refractivity contribution in [1.29, 1.82) is 0 Å². The van der Waals surface area contributed by atoms with Crippen LogP contribution < -0.4 is 5.32 Å². The number of halogens is 1. The lowest BCUT2D eigenvalue weighted by Gasteiger charge is -2.37. The molecule has 0 radical (unpaired) electrons. The molecule has 0 atom stereocenters. The van der Waals surface area contributed by atoms with Crippen molar-refractivity contribution >= 4 is 41.7 Å². The summed E-state index contributed by atoms with van der Waals surface area (Å²) >= 11 is 1.65. The lowest BCUT2D eigenvalue weighted by Crippen LogP contribution is -2.48. The van der Waals surface area contributed by atoms with Crippen LogP contribution in [-0.2, 0) is 9.59 Å². The Kier molecular flexibility index (Phi) is 10.0. The number of thioether (sulfide) groups is 1. The predicted molar refractivity (Wildman–Crippen MR) is 108 cm³/mol. The highest BCUT2D eigenvalue weighted by molar-refractivity contribution is 7.98. The first-order valence-electron chi connectivity index (χ1n) is 8.64. The number of carboxylic acid groups (broad SMARTS) is 1. The quantitative estimate of drug-likeness (QED) is 0.652. The van der Waals surface area contributed by atoms with Crippen molar-refractivity contribution in [1.82, 2.24) is 9.80 Å². The molecule has 0 unspecified atom stereocenters. The van der Waals surface area contributed by atoms with Crippen LogP contribution >= 0.6 is 24.2 Å². The van der Waals surface area contributed by atoms with Crippen LogP contribution in [0, 0.1) is 0 Å². The SMILES string of the molecule is CCN(CC(=O)O)C1CCN(CC(=O)Nc2cccc(SC)c2)CC1.Cl. The van der Waals surface area contributed by atoms with Gasteiger partial charge < -0.3 is 10.4 Å². The summed E-state index contributed by atoms with van der Waals surface area (Å²) in [4.78, 5) is 28.5.